The summed E-state index contributed by atoms with van der Waals surface area (Å²) < 4.78 is 11.0. The normalized spacial score (nSPS) is 38.8. The summed E-state index contributed by atoms with van der Waals surface area (Å²) in [6.45, 7) is 2.49. The maximum absolute atomic E-state index is 10.2. The molecule has 5 atom stereocenters. The van der Waals surface area contributed by atoms with E-state index in [0.717, 1.165) is 12.8 Å². The van der Waals surface area contributed by atoms with Crippen molar-refractivity contribution >= 4 is 0 Å². The molecule has 0 radical (unpaired) electrons. The Kier molecular flexibility index (Phi) is 7.11. The average molecular weight is 261 g/mol. The average Bonchev–Trinajstić information content (AvgIpc) is 2.43. The van der Waals surface area contributed by atoms with Crippen LogP contribution in [-0.2, 0) is 9.47 Å². The van der Waals surface area contributed by atoms with Crippen LogP contribution in [0.5, 0.6) is 0 Å². The highest BCUT2D eigenvalue weighted by atomic mass is 16.5. The van der Waals surface area contributed by atoms with E-state index in [1.807, 2.05) is 6.92 Å². The molecule has 1 fully saturated rings. The smallest absolute Gasteiger partial charge is 0.0814 e. The molecule has 0 aromatic rings. The fourth-order valence-electron chi connectivity index (χ4n) is 2.61. The zero-order chi connectivity index (χ0) is 13.5. The van der Waals surface area contributed by atoms with Crippen LogP contribution in [0.2, 0.25) is 0 Å². The van der Waals surface area contributed by atoms with E-state index in [9.17, 15) is 10.2 Å². The minimum Gasteiger partial charge on any atom is -0.394 e. The van der Waals surface area contributed by atoms with Crippen molar-refractivity contribution in [3.05, 3.63) is 0 Å². The van der Waals surface area contributed by atoms with Gasteiger partial charge in [-0.05, 0) is 25.2 Å². The van der Waals surface area contributed by atoms with Crippen molar-refractivity contribution < 1.29 is 19.7 Å². The van der Waals surface area contributed by atoms with Gasteiger partial charge in [-0.2, -0.15) is 0 Å². The molecule has 0 amide bonds. The van der Waals surface area contributed by atoms with Crippen molar-refractivity contribution in [2.75, 3.05) is 20.3 Å². The van der Waals surface area contributed by atoms with Gasteiger partial charge in [-0.25, -0.2) is 0 Å². The van der Waals surface area contributed by atoms with Crippen molar-refractivity contribution in [3.8, 4) is 0 Å². The fourth-order valence-corrected chi connectivity index (χ4v) is 2.61. The Morgan fingerprint density at radius 2 is 2.06 bits per heavy atom. The van der Waals surface area contributed by atoms with E-state index in [1.165, 1.54) is 0 Å². The zero-order valence-corrected chi connectivity index (χ0v) is 11.4. The number of rotatable bonds is 4. The van der Waals surface area contributed by atoms with Gasteiger partial charge in [0, 0.05) is 13.2 Å². The molecule has 0 aromatic heterocycles. The predicted molar refractivity (Wildman–Crippen MR) is 69.2 cm³/mol. The summed E-state index contributed by atoms with van der Waals surface area (Å²) in [6, 6.07) is -0.227. The quantitative estimate of drug-likeness (QED) is 0.677. The van der Waals surface area contributed by atoms with E-state index in [2.05, 4.69) is 0 Å². The maximum atomic E-state index is 10.2. The zero-order valence-electron chi connectivity index (χ0n) is 11.4. The number of ether oxygens (including phenoxy) is 2. The molecule has 0 aliphatic carbocycles. The van der Waals surface area contributed by atoms with Gasteiger partial charge in [0.25, 0.3) is 0 Å². The molecule has 0 spiro atoms. The van der Waals surface area contributed by atoms with Crippen molar-refractivity contribution in [2.45, 2.75) is 57.0 Å². The van der Waals surface area contributed by atoms with Crippen LogP contribution in [0.1, 0.15) is 32.6 Å². The Hall–Kier alpha value is -0.200. The largest absolute Gasteiger partial charge is 0.394 e. The first-order valence-corrected chi connectivity index (χ1v) is 6.81. The summed E-state index contributed by atoms with van der Waals surface area (Å²) in [5.41, 5.74) is 6.02. The van der Waals surface area contributed by atoms with E-state index in [0.29, 0.717) is 19.4 Å². The summed E-state index contributed by atoms with van der Waals surface area (Å²) in [5, 5.41) is 19.6. The van der Waals surface area contributed by atoms with Crippen molar-refractivity contribution in [3.63, 3.8) is 0 Å². The predicted octanol–water partition coefficient (Wildman–Crippen LogP) is 0.277. The van der Waals surface area contributed by atoms with Gasteiger partial charge in [-0.15, -0.1) is 0 Å². The Bertz CT molecular complexity index is 227. The van der Waals surface area contributed by atoms with Crippen LogP contribution >= 0.6 is 0 Å². The standard InChI is InChI=1S/C13H27NO4/c1-3-9-6-11(7-15)18-10(8-17-2)4-5-12(14)13(9)16/h9-13,15-16H,3-8,14H2,1-2H3. The van der Waals surface area contributed by atoms with Crippen molar-refractivity contribution in [2.24, 2.45) is 11.7 Å². The molecule has 0 bridgehead atoms. The van der Waals surface area contributed by atoms with Crippen LogP contribution in [0.25, 0.3) is 0 Å². The molecule has 5 heteroatoms. The molecule has 1 saturated heterocycles. The molecule has 108 valence electrons. The molecule has 1 aliphatic rings. The lowest BCUT2D eigenvalue weighted by Gasteiger charge is -2.27. The highest BCUT2D eigenvalue weighted by Crippen LogP contribution is 2.25. The van der Waals surface area contributed by atoms with Crippen LogP contribution in [0.3, 0.4) is 0 Å². The third-order valence-corrected chi connectivity index (χ3v) is 3.77. The van der Waals surface area contributed by atoms with Gasteiger partial charge in [0.1, 0.15) is 0 Å². The van der Waals surface area contributed by atoms with E-state index >= 15 is 0 Å². The first-order chi connectivity index (χ1) is 8.62. The third-order valence-electron chi connectivity index (χ3n) is 3.77. The number of nitrogens with two attached hydrogens (primary N) is 1. The summed E-state index contributed by atoms with van der Waals surface area (Å²) in [5.74, 6) is 0.0819. The maximum Gasteiger partial charge on any atom is 0.0814 e. The number of hydrogen-bond donors (Lipinski definition) is 3. The fraction of sp³-hybridized carbons (Fsp3) is 1.00. The van der Waals surface area contributed by atoms with E-state index in [-0.39, 0.29) is 30.8 Å². The molecular formula is C13H27NO4. The van der Waals surface area contributed by atoms with E-state index < -0.39 is 6.10 Å². The molecule has 0 saturated carbocycles. The molecular weight excluding hydrogens is 234 g/mol. The second-order valence-electron chi connectivity index (χ2n) is 5.15. The lowest BCUT2D eigenvalue weighted by Crippen LogP contribution is -2.40. The summed E-state index contributed by atoms with van der Waals surface area (Å²) >= 11 is 0. The third kappa shape index (κ3) is 4.48. The van der Waals surface area contributed by atoms with E-state index in [1.54, 1.807) is 7.11 Å². The second-order valence-corrected chi connectivity index (χ2v) is 5.15. The van der Waals surface area contributed by atoms with Gasteiger partial charge in [-0.3, -0.25) is 0 Å². The molecule has 5 nitrogen and oxygen atoms in total. The van der Waals surface area contributed by atoms with Crippen LogP contribution in [0.4, 0.5) is 0 Å². The van der Waals surface area contributed by atoms with Crippen LogP contribution < -0.4 is 5.73 Å². The Balaban J connectivity index is 2.72. The molecule has 18 heavy (non-hydrogen) atoms. The summed E-state index contributed by atoms with van der Waals surface area (Å²) in [4.78, 5) is 0. The van der Waals surface area contributed by atoms with Crippen LogP contribution in [0, 0.1) is 5.92 Å². The van der Waals surface area contributed by atoms with Crippen molar-refractivity contribution in [1.29, 1.82) is 0 Å². The summed E-state index contributed by atoms with van der Waals surface area (Å²) in [7, 11) is 1.63. The van der Waals surface area contributed by atoms with Gasteiger partial charge in [-0.1, -0.05) is 13.3 Å². The lowest BCUT2D eigenvalue weighted by molar-refractivity contribution is -0.0788. The second kappa shape index (κ2) is 8.07. The first kappa shape index (κ1) is 15.9. The van der Waals surface area contributed by atoms with Gasteiger partial charge in [0.05, 0.1) is 31.5 Å². The number of aliphatic hydroxyl groups excluding tert-OH is 2. The number of aliphatic hydroxyl groups is 2. The minimum absolute atomic E-state index is 0.0291. The Morgan fingerprint density at radius 1 is 1.33 bits per heavy atom. The Morgan fingerprint density at radius 3 is 2.61 bits per heavy atom. The van der Waals surface area contributed by atoms with Gasteiger partial charge < -0.3 is 25.4 Å². The summed E-state index contributed by atoms with van der Waals surface area (Å²) in [6.07, 6.45) is 2.12. The number of hydrogen-bond acceptors (Lipinski definition) is 5. The van der Waals surface area contributed by atoms with Crippen LogP contribution in [-0.4, -0.2) is 54.9 Å². The van der Waals surface area contributed by atoms with Gasteiger partial charge in [0.2, 0.25) is 0 Å². The highest BCUT2D eigenvalue weighted by Gasteiger charge is 2.30. The highest BCUT2D eigenvalue weighted by molar-refractivity contribution is 4.83. The van der Waals surface area contributed by atoms with Gasteiger partial charge in [0.15, 0.2) is 0 Å². The van der Waals surface area contributed by atoms with Crippen LogP contribution in [0.15, 0.2) is 0 Å². The molecule has 0 aromatic carbocycles. The molecule has 1 aliphatic heterocycles. The SMILES string of the molecule is CCC1CC(CO)OC(COC)CCC(N)C1O. The first-order valence-electron chi connectivity index (χ1n) is 6.81. The monoisotopic (exact) mass is 261 g/mol. The molecule has 1 heterocycles. The lowest BCUT2D eigenvalue weighted by atomic mass is 9.88. The molecule has 1 rings (SSSR count). The van der Waals surface area contributed by atoms with E-state index in [4.69, 9.17) is 15.2 Å². The van der Waals surface area contributed by atoms with Crippen molar-refractivity contribution in [1.82, 2.24) is 0 Å². The molecule has 5 unspecified atom stereocenters. The minimum atomic E-state index is -0.519. The van der Waals surface area contributed by atoms with Gasteiger partial charge >= 0.3 is 0 Å². The number of methoxy groups -OCH3 is 1. The molecule has 4 N–H and O–H groups in total. The topological polar surface area (TPSA) is 84.9 Å². The Labute approximate surface area is 109 Å².